The normalized spacial score (nSPS) is 12.6. The van der Waals surface area contributed by atoms with E-state index in [9.17, 15) is 0 Å². The minimum absolute atomic E-state index is 0.659. The fourth-order valence-electron chi connectivity index (χ4n) is 11.2. The number of anilines is 6. The van der Waals surface area contributed by atoms with Crippen LogP contribution in [-0.2, 0) is 5.41 Å². The number of nitrogens with zero attached hydrogens (tertiary/aromatic N) is 2. The van der Waals surface area contributed by atoms with Crippen molar-refractivity contribution >= 4 is 77.2 Å². The van der Waals surface area contributed by atoms with Gasteiger partial charge in [0.05, 0.1) is 16.8 Å². The monoisotopic (exact) mass is 852 g/mol. The van der Waals surface area contributed by atoms with Gasteiger partial charge in [-0.05, 0) is 126 Å². The summed E-state index contributed by atoms with van der Waals surface area (Å²) in [5, 5.41) is 9.83. The molecule has 0 atom stereocenters. The molecule has 0 fully saturated rings. The Morgan fingerprint density at radius 3 is 1.09 bits per heavy atom. The maximum Gasteiger partial charge on any atom is 0.0715 e. The van der Waals surface area contributed by atoms with Crippen molar-refractivity contribution in [1.29, 1.82) is 0 Å². The van der Waals surface area contributed by atoms with Gasteiger partial charge in [-0.1, -0.05) is 206 Å². The summed E-state index contributed by atoms with van der Waals surface area (Å²) in [5.74, 6) is 0. The molecule has 67 heavy (non-hydrogen) atoms. The average Bonchev–Trinajstić information content (AvgIpc) is 3.69. The van der Waals surface area contributed by atoms with Gasteiger partial charge in [0.1, 0.15) is 0 Å². The van der Waals surface area contributed by atoms with Crippen LogP contribution in [0.5, 0.6) is 0 Å². The molecule has 0 N–H and O–H groups in total. The second kappa shape index (κ2) is 15.8. The van der Waals surface area contributed by atoms with Crippen molar-refractivity contribution < 1.29 is 0 Å². The van der Waals surface area contributed by atoms with Crippen LogP contribution in [0.1, 0.15) is 22.3 Å². The number of hydrogen-bond donors (Lipinski definition) is 0. The number of para-hydroxylation sites is 2. The van der Waals surface area contributed by atoms with Crippen LogP contribution in [-0.4, -0.2) is 0 Å². The largest absolute Gasteiger partial charge is 0.310 e. The van der Waals surface area contributed by atoms with Gasteiger partial charge >= 0.3 is 0 Å². The van der Waals surface area contributed by atoms with E-state index in [1.54, 1.807) is 0 Å². The Kier molecular flexibility index (Phi) is 9.11. The van der Waals surface area contributed by atoms with Crippen molar-refractivity contribution in [2.75, 3.05) is 9.80 Å². The maximum absolute atomic E-state index is 2.52. The molecule has 2 nitrogen and oxygen atoms in total. The lowest BCUT2D eigenvalue weighted by atomic mass is 9.67. The molecular formula is C65H44N2. The lowest BCUT2D eigenvalue weighted by Crippen LogP contribution is -2.29. The third-order valence-electron chi connectivity index (χ3n) is 14.1. The van der Waals surface area contributed by atoms with E-state index in [2.05, 4.69) is 277 Å². The van der Waals surface area contributed by atoms with Gasteiger partial charge in [-0.25, -0.2) is 0 Å². The molecule has 12 aromatic rings. The van der Waals surface area contributed by atoms with E-state index in [1.807, 2.05) is 0 Å². The zero-order chi connectivity index (χ0) is 44.3. The van der Waals surface area contributed by atoms with Crippen molar-refractivity contribution in [3.8, 4) is 11.1 Å². The molecule has 0 aliphatic heterocycles. The standard InChI is InChI=1S/C65H44N2/c1-5-21-47(22-6-1)65(48-23-7-2-8-24-48)61-43-51(66(49-25-9-3-10-26-49)50-27-11-4-12-28-50)37-41-57(61)58-42-38-52(44-62(58)65)67(63-33-17-31-55-53-29-15-13-19-45(53)35-39-59(55)63)64-34-18-32-56-54-30-16-14-20-46(54)36-40-60(56)64/h1-44H. The lowest BCUT2D eigenvalue weighted by Gasteiger charge is -2.36. The SMILES string of the molecule is c1ccc(N(c2ccccc2)c2ccc3c(c2)C(c2ccccc2)(c2ccccc2)c2cc(N(c4cccc5c4ccc4ccccc45)c4cccc5c4ccc4ccccc45)ccc2-3)cc1. The van der Waals surface area contributed by atoms with Crippen LogP contribution in [0.15, 0.2) is 267 Å². The summed E-state index contributed by atoms with van der Waals surface area (Å²) in [4.78, 5) is 4.90. The Labute approximate surface area is 390 Å². The minimum atomic E-state index is -0.659. The highest BCUT2D eigenvalue weighted by Crippen LogP contribution is 2.59. The van der Waals surface area contributed by atoms with Crippen LogP contribution in [0.25, 0.3) is 54.2 Å². The fourth-order valence-corrected chi connectivity index (χ4v) is 11.2. The first-order chi connectivity index (χ1) is 33.3. The van der Waals surface area contributed by atoms with Crippen LogP contribution in [0.3, 0.4) is 0 Å². The van der Waals surface area contributed by atoms with Crippen LogP contribution in [0.2, 0.25) is 0 Å². The minimum Gasteiger partial charge on any atom is -0.310 e. The predicted octanol–water partition coefficient (Wildman–Crippen LogP) is 17.6. The summed E-state index contributed by atoms with van der Waals surface area (Å²) >= 11 is 0. The van der Waals surface area contributed by atoms with Crippen molar-refractivity contribution in [3.63, 3.8) is 0 Å². The Morgan fingerprint density at radius 1 is 0.239 bits per heavy atom. The van der Waals surface area contributed by atoms with E-state index in [0.717, 1.165) is 34.1 Å². The summed E-state index contributed by atoms with van der Waals surface area (Å²) in [6, 6.07) is 98.4. The van der Waals surface area contributed by atoms with Crippen molar-refractivity contribution in [1.82, 2.24) is 0 Å². The summed E-state index contributed by atoms with van der Waals surface area (Å²) in [6.45, 7) is 0. The van der Waals surface area contributed by atoms with E-state index < -0.39 is 5.41 Å². The number of rotatable bonds is 8. The molecule has 0 amide bonds. The van der Waals surface area contributed by atoms with Crippen molar-refractivity contribution in [3.05, 3.63) is 289 Å². The molecule has 0 unspecified atom stereocenters. The molecule has 12 aromatic carbocycles. The second-order valence-corrected chi connectivity index (χ2v) is 17.6. The number of hydrogen-bond acceptors (Lipinski definition) is 2. The van der Waals surface area contributed by atoms with Crippen LogP contribution >= 0.6 is 0 Å². The first-order valence-corrected chi connectivity index (χ1v) is 23.2. The van der Waals surface area contributed by atoms with Gasteiger partial charge in [0.25, 0.3) is 0 Å². The van der Waals surface area contributed by atoms with Crippen LogP contribution in [0, 0.1) is 0 Å². The second-order valence-electron chi connectivity index (χ2n) is 17.6. The molecule has 0 bridgehead atoms. The third kappa shape index (κ3) is 6.11. The van der Waals surface area contributed by atoms with Gasteiger partial charge in [0.2, 0.25) is 0 Å². The molecule has 314 valence electrons. The van der Waals surface area contributed by atoms with E-state index in [-0.39, 0.29) is 0 Å². The highest BCUT2D eigenvalue weighted by molar-refractivity contribution is 6.16. The first-order valence-electron chi connectivity index (χ1n) is 23.2. The molecule has 0 radical (unpaired) electrons. The van der Waals surface area contributed by atoms with E-state index >= 15 is 0 Å². The highest BCUT2D eigenvalue weighted by atomic mass is 15.1. The van der Waals surface area contributed by atoms with Gasteiger partial charge < -0.3 is 9.80 Å². The molecule has 13 rings (SSSR count). The summed E-state index contributed by atoms with van der Waals surface area (Å²) in [7, 11) is 0. The van der Waals surface area contributed by atoms with Crippen LogP contribution in [0.4, 0.5) is 34.1 Å². The summed E-state index contributed by atoms with van der Waals surface area (Å²) in [6.07, 6.45) is 0. The molecular weight excluding hydrogens is 809 g/mol. The topological polar surface area (TPSA) is 6.48 Å². The smallest absolute Gasteiger partial charge is 0.0715 e. The van der Waals surface area contributed by atoms with Gasteiger partial charge in [0, 0.05) is 33.5 Å². The van der Waals surface area contributed by atoms with E-state index in [4.69, 9.17) is 0 Å². The molecule has 0 saturated carbocycles. The quantitative estimate of drug-likeness (QED) is 0.141. The van der Waals surface area contributed by atoms with Gasteiger partial charge in [0.15, 0.2) is 0 Å². The molecule has 1 aliphatic carbocycles. The Morgan fingerprint density at radius 2 is 0.627 bits per heavy atom. The first kappa shape index (κ1) is 38.7. The maximum atomic E-state index is 2.52. The summed E-state index contributed by atoms with van der Waals surface area (Å²) in [5.41, 5.74) is 13.4. The zero-order valence-electron chi connectivity index (χ0n) is 36.8. The lowest BCUT2D eigenvalue weighted by molar-refractivity contribution is 0.768. The Hall–Kier alpha value is -8.72. The molecule has 0 heterocycles. The van der Waals surface area contributed by atoms with Crippen molar-refractivity contribution in [2.45, 2.75) is 5.41 Å². The zero-order valence-corrected chi connectivity index (χ0v) is 36.8. The van der Waals surface area contributed by atoms with Gasteiger partial charge in [-0.3, -0.25) is 0 Å². The molecule has 2 heteroatoms. The van der Waals surface area contributed by atoms with Gasteiger partial charge in [-0.15, -0.1) is 0 Å². The fraction of sp³-hybridized carbons (Fsp3) is 0.0154. The van der Waals surface area contributed by atoms with Crippen LogP contribution < -0.4 is 9.80 Å². The third-order valence-corrected chi connectivity index (χ3v) is 14.1. The van der Waals surface area contributed by atoms with E-state index in [1.165, 1.54) is 76.5 Å². The van der Waals surface area contributed by atoms with Crippen molar-refractivity contribution in [2.24, 2.45) is 0 Å². The Balaban J connectivity index is 1.11. The number of benzene rings is 12. The molecule has 0 aromatic heterocycles. The highest BCUT2D eigenvalue weighted by Gasteiger charge is 2.47. The molecule has 0 saturated heterocycles. The summed E-state index contributed by atoms with van der Waals surface area (Å²) < 4.78 is 0. The van der Waals surface area contributed by atoms with Gasteiger partial charge in [-0.2, -0.15) is 0 Å². The predicted molar refractivity (Wildman–Crippen MR) is 283 cm³/mol. The Bertz CT molecular complexity index is 3610. The number of fused-ring (bicyclic) bond motifs is 9. The average molecular weight is 853 g/mol. The van der Waals surface area contributed by atoms with E-state index in [0.29, 0.717) is 0 Å². The molecule has 0 spiro atoms. The molecule has 1 aliphatic rings.